The first-order chi connectivity index (χ1) is 13.0. The molecule has 0 spiro atoms. The van der Waals surface area contributed by atoms with Crippen LogP contribution in [0, 0.1) is 10.1 Å². The Kier molecular flexibility index (Phi) is 6.29. The van der Waals surface area contributed by atoms with Gasteiger partial charge in [0, 0.05) is 22.7 Å². The largest absolute Gasteiger partial charge is 0.469 e. The van der Waals surface area contributed by atoms with E-state index in [1.165, 1.54) is 18.6 Å². The van der Waals surface area contributed by atoms with Crippen LogP contribution in [0.2, 0.25) is 5.02 Å². The van der Waals surface area contributed by atoms with Gasteiger partial charge in [-0.15, -0.1) is 0 Å². The summed E-state index contributed by atoms with van der Waals surface area (Å²) in [6.45, 7) is 0. The van der Waals surface area contributed by atoms with Crippen molar-refractivity contribution in [3.63, 3.8) is 0 Å². The molecule has 2 aromatic rings. The van der Waals surface area contributed by atoms with Crippen molar-refractivity contribution in [2.45, 2.75) is 44.2 Å². The number of rotatable bonds is 6. The summed E-state index contributed by atoms with van der Waals surface area (Å²) in [5.74, 6) is -0.247. The van der Waals surface area contributed by atoms with Crippen LogP contribution >= 0.6 is 11.6 Å². The van der Waals surface area contributed by atoms with Crippen molar-refractivity contribution >= 4 is 23.2 Å². The van der Waals surface area contributed by atoms with Gasteiger partial charge in [-0.3, -0.25) is 14.9 Å². The second kappa shape index (κ2) is 8.86. The highest BCUT2D eigenvalue weighted by Gasteiger charge is 2.28. The fraction of sp³-hybridized carbons (Fsp3) is 0.350. The number of halogens is 1. The maximum Gasteiger partial charge on any atom is 0.310 e. The Balaban J connectivity index is 1.86. The van der Waals surface area contributed by atoms with Crippen molar-refractivity contribution in [3.8, 4) is 5.75 Å². The highest BCUT2D eigenvalue weighted by molar-refractivity contribution is 6.30. The van der Waals surface area contributed by atoms with E-state index in [-0.39, 0.29) is 23.4 Å². The van der Waals surface area contributed by atoms with Gasteiger partial charge < -0.3 is 10.1 Å². The van der Waals surface area contributed by atoms with Crippen molar-refractivity contribution in [1.29, 1.82) is 0 Å². The van der Waals surface area contributed by atoms with Gasteiger partial charge in [0.05, 0.1) is 4.92 Å². The van der Waals surface area contributed by atoms with E-state index in [0.717, 1.165) is 25.7 Å². The molecule has 0 heterocycles. The minimum atomic E-state index is -0.995. The predicted octanol–water partition coefficient (Wildman–Crippen LogP) is 4.82. The molecule has 7 heteroatoms. The molecule has 0 aromatic heterocycles. The number of nitrogens with one attached hydrogen (secondary N) is 1. The monoisotopic (exact) mass is 388 g/mol. The van der Waals surface area contributed by atoms with Gasteiger partial charge in [-0.05, 0) is 31.0 Å². The van der Waals surface area contributed by atoms with Gasteiger partial charge >= 0.3 is 5.69 Å². The molecule has 1 amide bonds. The fourth-order valence-corrected chi connectivity index (χ4v) is 3.39. The topological polar surface area (TPSA) is 81.5 Å². The molecule has 0 radical (unpaired) electrons. The average Bonchev–Trinajstić information content (AvgIpc) is 2.68. The van der Waals surface area contributed by atoms with Gasteiger partial charge in [0.2, 0.25) is 6.10 Å². The van der Waals surface area contributed by atoms with Crippen molar-refractivity contribution < 1.29 is 14.5 Å². The molecule has 1 atom stereocenters. The summed E-state index contributed by atoms with van der Waals surface area (Å²) in [5, 5.41) is 14.9. The lowest BCUT2D eigenvalue weighted by atomic mass is 9.95. The van der Waals surface area contributed by atoms with E-state index in [9.17, 15) is 14.9 Å². The van der Waals surface area contributed by atoms with Crippen LogP contribution in [0.15, 0.2) is 48.5 Å². The molecule has 1 aliphatic carbocycles. The van der Waals surface area contributed by atoms with Crippen molar-refractivity contribution in [1.82, 2.24) is 5.32 Å². The number of nitro benzene ring substituents is 1. The van der Waals surface area contributed by atoms with E-state index in [1.54, 1.807) is 36.4 Å². The molecule has 0 aliphatic heterocycles. The summed E-state index contributed by atoms with van der Waals surface area (Å²) >= 11 is 5.95. The minimum absolute atomic E-state index is 0.0567. The number of nitrogens with zero attached hydrogens (tertiary/aromatic N) is 1. The van der Waals surface area contributed by atoms with Gasteiger partial charge in [0.25, 0.3) is 5.91 Å². The Bertz CT molecular complexity index is 804. The molecule has 27 heavy (non-hydrogen) atoms. The van der Waals surface area contributed by atoms with Crippen LogP contribution in [0.4, 0.5) is 5.69 Å². The number of carbonyl (C=O) groups is 1. The third-order valence-electron chi connectivity index (χ3n) is 4.67. The normalized spacial score (nSPS) is 15.7. The van der Waals surface area contributed by atoms with E-state index in [0.29, 0.717) is 10.6 Å². The van der Waals surface area contributed by atoms with Crippen LogP contribution in [-0.4, -0.2) is 16.9 Å². The predicted molar refractivity (Wildman–Crippen MR) is 103 cm³/mol. The summed E-state index contributed by atoms with van der Waals surface area (Å²) < 4.78 is 5.84. The quantitative estimate of drug-likeness (QED) is 0.568. The third-order valence-corrected chi connectivity index (χ3v) is 4.92. The Morgan fingerprint density at radius 3 is 2.44 bits per heavy atom. The zero-order valence-corrected chi connectivity index (χ0v) is 15.5. The first-order valence-corrected chi connectivity index (χ1v) is 9.38. The average molecular weight is 389 g/mol. The van der Waals surface area contributed by atoms with Gasteiger partial charge in [-0.2, -0.15) is 0 Å². The van der Waals surface area contributed by atoms with Crippen LogP contribution in [0.1, 0.15) is 43.8 Å². The van der Waals surface area contributed by atoms with E-state index < -0.39 is 11.0 Å². The number of benzene rings is 2. The van der Waals surface area contributed by atoms with Gasteiger partial charge in [-0.1, -0.05) is 55.1 Å². The SMILES string of the molecule is O=C(NC1CCCCC1)C(Oc1ccccc1[N+](=O)[O-])c1ccc(Cl)cc1. The molecule has 1 N–H and O–H groups in total. The van der Waals surface area contributed by atoms with Gasteiger partial charge in [0.15, 0.2) is 5.75 Å². The minimum Gasteiger partial charge on any atom is -0.469 e. The summed E-state index contributed by atoms with van der Waals surface area (Å²) in [6, 6.07) is 12.9. The van der Waals surface area contributed by atoms with Gasteiger partial charge in [0.1, 0.15) is 0 Å². The van der Waals surface area contributed by atoms with E-state index in [2.05, 4.69) is 5.32 Å². The first kappa shape index (κ1) is 19.2. The first-order valence-electron chi connectivity index (χ1n) is 9.00. The molecule has 0 saturated heterocycles. The fourth-order valence-electron chi connectivity index (χ4n) is 3.27. The molecule has 6 nitrogen and oxygen atoms in total. The third kappa shape index (κ3) is 4.98. The lowest BCUT2D eigenvalue weighted by Gasteiger charge is -2.26. The lowest BCUT2D eigenvalue weighted by Crippen LogP contribution is -2.40. The molecular weight excluding hydrogens is 368 g/mol. The molecule has 1 unspecified atom stereocenters. The molecule has 3 rings (SSSR count). The van der Waals surface area contributed by atoms with Crippen LogP contribution < -0.4 is 10.1 Å². The summed E-state index contributed by atoms with van der Waals surface area (Å²) in [4.78, 5) is 23.7. The molecule has 1 saturated carbocycles. The van der Waals surface area contributed by atoms with Crippen molar-refractivity contribution in [2.24, 2.45) is 0 Å². The molecular formula is C20H21ClN2O4. The smallest absolute Gasteiger partial charge is 0.310 e. The van der Waals surface area contributed by atoms with Crippen LogP contribution in [0.3, 0.4) is 0 Å². The Morgan fingerprint density at radius 2 is 1.78 bits per heavy atom. The highest BCUT2D eigenvalue weighted by atomic mass is 35.5. The number of hydrogen-bond donors (Lipinski definition) is 1. The summed E-state index contributed by atoms with van der Waals surface area (Å²) in [5.41, 5.74) is 0.410. The molecule has 1 aliphatic rings. The van der Waals surface area contributed by atoms with Crippen molar-refractivity contribution in [2.75, 3.05) is 0 Å². The Labute approximate surface area is 162 Å². The standard InChI is InChI=1S/C20H21ClN2O4/c21-15-12-10-14(11-13-15)19(20(24)22-16-6-2-1-3-7-16)27-18-9-5-4-8-17(18)23(25)26/h4-5,8-13,16,19H,1-3,6-7H2,(H,22,24). The number of hydrogen-bond acceptors (Lipinski definition) is 4. The second-order valence-electron chi connectivity index (χ2n) is 6.62. The maximum atomic E-state index is 12.9. The zero-order valence-electron chi connectivity index (χ0n) is 14.8. The molecule has 142 valence electrons. The maximum absolute atomic E-state index is 12.9. The number of carbonyl (C=O) groups excluding carboxylic acids is 1. The van der Waals surface area contributed by atoms with Crippen molar-refractivity contribution in [3.05, 3.63) is 69.2 Å². The summed E-state index contributed by atoms with van der Waals surface area (Å²) in [6.07, 6.45) is 4.23. The van der Waals surface area contributed by atoms with Crippen LogP contribution in [0.5, 0.6) is 5.75 Å². The zero-order chi connectivity index (χ0) is 19.2. The number of amides is 1. The summed E-state index contributed by atoms with van der Waals surface area (Å²) in [7, 11) is 0. The highest BCUT2D eigenvalue weighted by Crippen LogP contribution is 2.31. The molecule has 0 bridgehead atoms. The van der Waals surface area contributed by atoms with E-state index in [4.69, 9.17) is 16.3 Å². The Hall–Kier alpha value is -2.60. The van der Waals surface area contributed by atoms with E-state index >= 15 is 0 Å². The van der Waals surface area contributed by atoms with Gasteiger partial charge in [-0.25, -0.2) is 0 Å². The molecule has 2 aromatic carbocycles. The lowest BCUT2D eigenvalue weighted by molar-refractivity contribution is -0.386. The number of nitro groups is 1. The second-order valence-corrected chi connectivity index (χ2v) is 7.05. The number of para-hydroxylation sites is 2. The van der Waals surface area contributed by atoms with Crippen LogP contribution in [-0.2, 0) is 4.79 Å². The van der Waals surface area contributed by atoms with E-state index in [1.807, 2.05) is 0 Å². The van der Waals surface area contributed by atoms with Crippen LogP contribution in [0.25, 0.3) is 0 Å². The number of ether oxygens (including phenoxy) is 1. The molecule has 1 fully saturated rings. The Morgan fingerprint density at radius 1 is 1.11 bits per heavy atom.